The quantitative estimate of drug-likeness (QED) is 0.769. The van der Waals surface area contributed by atoms with Crippen molar-refractivity contribution in [3.05, 3.63) is 34.4 Å². The second-order valence-electron chi connectivity index (χ2n) is 4.23. The first-order valence-electron chi connectivity index (χ1n) is 5.67. The number of imidazole rings is 1. The predicted octanol–water partition coefficient (Wildman–Crippen LogP) is 2.50. The molecule has 0 fully saturated rings. The topological polar surface area (TPSA) is 50.9 Å². The molecular formula is C13H13N3OS. The molecule has 0 aliphatic rings. The number of aromatic nitrogens is 3. The average molecular weight is 259 g/mol. The number of aryl methyl sites for hydroxylation is 2. The lowest BCUT2D eigenvalue weighted by molar-refractivity contribution is 0.281. The minimum atomic E-state index is -0.00264. The molecule has 5 heteroatoms. The predicted molar refractivity (Wildman–Crippen MR) is 72.5 cm³/mol. The van der Waals surface area contributed by atoms with E-state index in [9.17, 15) is 0 Å². The van der Waals surface area contributed by atoms with Crippen LogP contribution in [0.2, 0.25) is 0 Å². The number of fused-ring (bicyclic) bond motifs is 1. The van der Waals surface area contributed by atoms with E-state index in [4.69, 9.17) is 5.11 Å². The number of benzene rings is 1. The minimum absolute atomic E-state index is 0.00264. The van der Waals surface area contributed by atoms with Crippen molar-refractivity contribution in [1.82, 2.24) is 14.5 Å². The van der Waals surface area contributed by atoms with Crippen molar-refractivity contribution in [2.45, 2.75) is 13.5 Å². The maximum atomic E-state index is 9.13. The van der Waals surface area contributed by atoms with Crippen molar-refractivity contribution in [1.29, 1.82) is 0 Å². The number of aliphatic hydroxyl groups is 1. The largest absolute Gasteiger partial charge is 0.389 e. The summed E-state index contributed by atoms with van der Waals surface area (Å²) in [7, 11) is 1.98. The van der Waals surface area contributed by atoms with Crippen molar-refractivity contribution in [2.75, 3.05) is 0 Å². The molecule has 1 N–H and O–H groups in total. The van der Waals surface area contributed by atoms with E-state index < -0.39 is 0 Å². The van der Waals surface area contributed by atoms with Crippen LogP contribution >= 0.6 is 11.3 Å². The summed E-state index contributed by atoms with van der Waals surface area (Å²) in [6.07, 6.45) is 1.81. The molecule has 18 heavy (non-hydrogen) atoms. The average Bonchev–Trinajstić information content (AvgIpc) is 2.93. The first-order chi connectivity index (χ1) is 8.69. The van der Waals surface area contributed by atoms with Crippen LogP contribution in [-0.4, -0.2) is 19.6 Å². The minimum Gasteiger partial charge on any atom is -0.389 e. The molecule has 3 aromatic rings. The summed E-state index contributed by atoms with van der Waals surface area (Å²) in [4.78, 5) is 9.92. The lowest BCUT2D eigenvalue weighted by atomic mass is 10.1. The fraction of sp³-hybridized carbons (Fsp3) is 0.231. The van der Waals surface area contributed by atoms with Crippen molar-refractivity contribution < 1.29 is 5.11 Å². The molecule has 0 amide bonds. The molecule has 0 aliphatic heterocycles. The third kappa shape index (κ3) is 1.72. The number of rotatable bonds is 2. The second-order valence-corrected chi connectivity index (χ2v) is 5.52. The van der Waals surface area contributed by atoms with Crippen LogP contribution in [0.3, 0.4) is 0 Å². The molecule has 1 aromatic carbocycles. The van der Waals surface area contributed by atoms with Crippen LogP contribution in [0.15, 0.2) is 24.5 Å². The van der Waals surface area contributed by atoms with E-state index in [1.54, 1.807) is 0 Å². The van der Waals surface area contributed by atoms with E-state index in [-0.39, 0.29) is 6.61 Å². The third-order valence-electron chi connectivity index (χ3n) is 2.98. The molecule has 2 heterocycles. The molecule has 4 nitrogen and oxygen atoms in total. The zero-order valence-electron chi connectivity index (χ0n) is 10.2. The smallest absolute Gasteiger partial charge is 0.119 e. The van der Waals surface area contributed by atoms with Gasteiger partial charge in [-0.05, 0) is 19.1 Å². The maximum absolute atomic E-state index is 9.13. The highest BCUT2D eigenvalue weighted by Gasteiger charge is 2.10. The Hall–Kier alpha value is -1.72. The number of aliphatic hydroxyl groups excluding tert-OH is 1. The lowest BCUT2D eigenvalue weighted by Crippen LogP contribution is -1.86. The van der Waals surface area contributed by atoms with E-state index >= 15 is 0 Å². The van der Waals surface area contributed by atoms with Gasteiger partial charge in [-0.15, -0.1) is 11.3 Å². The summed E-state index contributed by atoms with van der Waals surface area (Å²) in [5.41, 5.74) is 4.06. The van der Waals surface area contributed by atoms with Gasteiger partial charge in [0.25, 0.3) is 0 Å². The lowest BCUT2D eigenvalue weighted by Gasteiger charge is -2.00. The maximum Gasteiger partial charge on any atom is 0.119 e. The van der Waals surface area contributed by atoms with E-state index in [1.807, 2.05) is 37.0 Å². The molecule has 0 aliphatic carbocycles. The Kier molecular flexibility index (Phi) is 2.65. The van der Waals surface area contributed by atoms with Gasteiger partial charge in [0.1, 0.15) is 5.01 Å². The van der Waals surface area contributed by atoms with Gasteiger partial charge in [-0.3, -0.25) is 0 Å². The Morgan fingerprint density at radius 1 is 1.39 bits per heavy atom. The summed E-state index contributed by atoms with van der Waals surface area (Å²) in [5.74, 6) is 0. The van der Waals surface area contributed by atoms with Crippen LogP contribution in [0.5, 0.6) is 0 Å². The summed E-state index contributed by atoms with van der Waals surface area (Å²) in [6, 6.07) is 6.14. The highest BCUT2D eigenvalue weighted by Crippen LogP contribution is 2.29. The highest BCUT2D eigenvalue weighted by atomic mass is 32.1. The van der Waals surface area contributed by atoms with Crippen LogP contribution in [-0.2, 0) is 13.7 Å². The van der Waals surface area contributed by atoms with Gasteiger partial charge in [0, 0.05) is 17.5 Å². The number of nitrogens with zero attached hydrogens (tertiary/aromatic N) is 3. The molecule has 2 aromatic heterocycles. The monoisotopic (exact) mass is 259 g/mol. The molecule has 92 valence electrons. The van der Waals surface area contributed by atoms with Gasteiger partial charge in [0.2, 0.25) is 0 Å². The molecule has 0 bridgehead atoms. The number of hydrogen-bond acceptors (Lipinski definition) is 4. The number of thiazole rings is 1. The van der Waals surface area contributed by atoms with Crippen LogP contribution in [0.25, 0.3) is 22.3 Å². The fourth-order valence-corrected chi connectivity index (χ4v) is 2.89. The Morgan fingerprint density at radius 2 is 2.22 bits per heavy atom. The van der Waals surface area contributed by atoms with E-state index in [0.29, 0.717) is 0 Å². The van der Waals surface area contributed by atoms with Gasteiger partial charge < -0.3 is 9.67 Å². The van der Waals surface area contributed by atoms with Gasteiger partial charge in [0.15, 0.2) is 0 Å². The van der Waals surface area contributed by atoms with Gasteiger partial charge in [-0.1, -0.05) is 6.07 Å². The summed E-state index contributed by atoms with van der Waals surface area (Å²) in [5, 5.41) is 9.88. The third-order valence-corrected chi connectivity index (χ3v) is 3.93. The molecule has 0 unspecified atom stereocenters. The summed E-state index contributed by atoms with van der Waals surface area (Å²) in [6.45, 7) is 2.02. The fourth-order valence-electron chi connectivity index (χ4n) is 2.07. The second kappa shape index (κ2) is 4.19. The van der Waals surface area contributed by atoms with Crippen LogP contribution < -0.4 is 0 Å². The molecule has 0 atom stereocenters. The van der Waals surface area contributed by atoms with Gasteiger partial charge in [0.05, 0.1) is 29.7 Å². The van der Waals surface area contributed by atoms with Crippen molar-refractivity contribution in [2.24, 2.45) is 7.05 Å². The standard InChI is InChI=1S/C13H13N3OS/c1-8-13(15-12(6-17)18-8)9-3-4-11-10(5-9)14-7-16(11)2/h3-5,7,17H,6H2,1-2H3. The van der Waals surface area contributed by atoms with Crippen molar-refractivity contribution >= 4 is 22.4 Å². The zero-order chi connectivity index (χ0) is 12.7. The van der Waals surface area contributed by atoms with Crippen LogP contribution in [0.1, 0.15) is 9.88 Å². The molecule has 0 spiro atoms. The zero-order valence-corrected chi connectivity index (χ0v) is 11.0. The van der Waals surface area contributed by atoms with Gasteiger partial charge in [-0.25, -0.2) is 9.97 Å². The van der Waals surface area contributed by atoms with Crippen LogP contribution in [0.4, 0.5) is 0 Å². The molecule has 0 saturated heterocycles. The first-order valence-corrected chi connectivity index (χ1v) is 6.49. The van der Waals surface area contributed by atoms with E-state index in [0.717, 1.165) is 32.2 Å². The first kappa shape index (κ1) is 11.4. The Balaban J connectivity index is 2.15. The molecular weight excluding hydrogens is 246 g/mol. The number of hydrogen-bond donors (Lipinski definition) is 1. The molecule has 0 radical (unpaired) electrons. The summed E-state index contributed by atoms with van der Waals surface area (Å²) >= 11 is 1.53. The Labute approximate surface area is 109 Å². The highest BCUT2D eigenvalue weighted by molar-refractivity contribution is 7.12. The van der Waals surface area contributed by atoms with Crippen LogP contribution in [0, 0.1) is 6.92 Å². The van der Waals surface area contributed by atoms with E-state index in [2.05, 4.69) is 16.0 Å². The Bertz CT molecular complexity index is 714. The molecule has 3 rings (SSSR count). The van der Waals surface area contributed by atoms with E-state index in [1.165, 1.54) is 11.3 Å². The van der Waals surface area contributed by atoms with Crippen molar-refractivity contribution in [3.63, 3.8) is 0 Å². The SMILES string of the molecule is Cc1sc(CO)nc1-c1ccc2c(c1)ncn2C. The Morgan fingerprint density at radius 3 is 2.94 bits per heavy atom. The normalized spacial score (nSPS) is 11.3. The van der Waals surface area contributed by atoms with Gasteiger partial charge >= 0.3 is 0 Å². The molecule has 0 saturated carbocycles. The van der Waals surface area contributed by atoms with Crippen molar-refractivity contribution in [3.8, 4) is 11.3 Å². The van der Waals surface area contributed by atoms with Gasteiger partial charge in [-0.2, -0.15) is 0 Å². The summed E-state index contributed by atoms with van der Waals surface area (Å²) < 4.78 is 1.99.